The van der Waals surface area contributed by atoms with Crippen molar-refractivity contribution in [2.45, 2.75) is 6.92 Å². The van der Waals surface area contributed by atoms with Crippen LogP contribution >= 0.6 is 0 Å². The first-order valence-corrected chi connectivity index (χ1v) is 10.5. The smallest absolute Gasteiger partial charge is 0.343 e. The molecule has 0 radical (unpaired) electrons. The molecule has 0 aliphatic carbocycles. The van der Waals surface area contributed by atoms with Crippen molar-refractivity contribution >= 4 is 35.2 Å². The number of non-ortho nitro benzene ring substituents is 1. The molecule has 1 aliphatic rings. The molecule has 1 fully saturated rings. The Bertz CT molecular complexity index is 1330. The lowest BCUT2D eigenvalue weighted by Gasteiger charge is -2.14. The molecule has 10 nitrogen and oxygen atoms in total. The van der Waals surface area contributed by atoms with Crippen molar-refractivity contribution in [1.82, 2.24) is 5.43 Å². The summed E-state index contributed by atoms with van der Waals surface area (Å²) >= 11 is 0. The predicted octanol–water partition coefficient (Wildman–Crippen LogP) is 3.67. The number of nitro groups is 1. The average Bonchev–Trinajstić information content (AvgIpc) is 3.14. The highest BCUT2D eigenvalue weighted by Gasteiger charge is 2.34. The van der Waals surface area contributed by atoms with E-state index in [2.05, 4.69) is 5.43 Å². The fourth-order valence-electron chi connectivity index (χ4n) is 3.33. The van der Waals surface area contributed by atoms with E-state index in [9.17, 15) is 24.5 Å². The van der Waals surface area contributed by atoms with Gasteiger partial charge in [0.15, 0.2) is 11.5 Å². The minimum atomic E-state index is -0.726. The number of nitro benzene ring substituents is 1. The lowest BCUT2D eigenvalue weighted by atomic mass is 10.1. The fourth-order valence-corrected chi connectivity index (χ4v) is 3.33. The van der Waals surface area contributed by atoms with Crippen molar-refractivity contribution in [3.63, 3.8) is 0 Å². The Balaban J connectivity index is 1.57. The van der Waals surface area contributed by atoms with Gasteiger partial charge in [0, 0.05) is 12.1 Å². The maximum atomic E-state index is 12.8. The van der Waals surface area contributed by atoms with Crippen LogP contribution in [0.25, 0.3) is 6.08 Å². The van der Waals surface area contributed by atoms with E-state index >= 15 is 0 Å². The molecule has 0 saturated carbocycles. The van der Waals surface area contributed by atoms with Gasteiger partial charge in [0.05, 0.1) is 22.8 Å². The number of amides is 2. The number of hydrazine groups is 1. The van der Waals surface area contributed by atoms with Gasteiger partial charge < -0.3 is 9.47 Å². The summed E-state index contributed by atoms with van der Waals surface area (Å²) in [4.78, 5) is 48.0. The molecular formula is C25H19N3O7. The summed E-state index contributed by atoms with van der Waals surface area (Å²) in [5.74, 6) is -1.44. The van der Waals surface area contributed by atoms with Gasteiger partial charge in [-0.3, -0.25) is 25.1 Å². The van der Waals surface area contributed by atoms with E-state index in [1.807, 2.05) is 0 Å². The Kier molecular flexibility index (Phi) is 6.54. The van der Waals surface area contributed by atoms with Crippen LogP contribution in [-0.4, -0.2) is 29.3 Å². The molecule has 0 aromatic heterocycles. The Morgan fingerprint density at radius 3 is 2.40 bits per heavy atom. The van der Waals surface area contributed by atoms with Gasteiger partial charge in [0.25, 0.3) is 17.5 Å². The normalized spacial score (nSPS) is 14.1. The molecule has 0 unspecified atom stereocenters. The van der Waals surface area contributed by atoms with Crippen LogP contribution in [0.4, 0.5) is 11.4 Å². The fraction of sp³-hybridized carbons (Fsp3) is 0.0800. The number of benzene rings is 3. The summed E-state index contributed by atoms with van der Waals surface area (Å²) in [6.07, 6.45) is 1.42. The molecule has 2 amide bonds. The van der Waals surface area contributed by atoms with Gasteiger partial charge in [-0.1, -0.05) is 24.3 Å². The SMILES string of the molecule is CCOc1cc(C=C2C(=O)NN(c3ccccc3)C2=O)ccc1OC(=O)c1ccc([N+](=O)[O-])cc1. The maximum Gasteiger partial charge on any atom is 0.343 e. The Labute approximate surface area is 199 Å². The number of nitrogens with zero attached hydrogens (tertiary/aromatic N) is 2. The van der Waals surface area contributed by atoms with Crippen molar-refractivity contribution in [2.75, 3.05) is 11.6 Å². The zero-order chi connectivity index (χ0) is 24.9. The molecule has 3 aromatic rings. The minimum Gasteiger partial charge on any atom is -0.490 e. The lowest BCUT2D eigenvalue weighted by Crippen LogP contribution is -2.35. The molecule has 4 rings (SSSR count). The van der Waals surface area contributed by atoms with Crippen molar-refractivity contribution < 1.29 is 28.8 Å². The molecule has 0 spiro atoms. The van der Waals surface area contributed by atoms with Crippen molar-refractivity contribution in [3.8, 4) is 11.5 Å². The Hall–Kier alpha value is -4.99. The predicted molar refractivity (Wildman–Crippen MR) is 126 cm³/mol. The van der Waals surface area contributed by atoms with Crippen molar-refractivity contribution in [3.05, 3.63) is 99.6 Å². The van der Waals surface area contributed by atoms with Gasteiger partial charge >= 0.3 is 5.97 Å². The number of carbonyl (C=O) groups excluding carboxylic acids is 3. The van der Waals surface area contributed by atoms with Crippen LogP contribution in [0, 0.1) is 10.1 Å². The number of para-hydroxylation sites is 1. The second-order valence-corrected chi connectivity index (χ2v) is 7.31. The first kappa shape index (κ1) is 23.2. The van der Waals surface area contributed by atoms with E-state index in [4.69, 9.17) is 9.47 Å². The monoisotopic (exact) mass is 473 g/mol. The highest BCUT2D eigenvalue weighted by atomic mass is 16.6. The lowest BCUT2D eigenvalue weighted by molar-refractivity contribution is -0.384. The van der Waals surface area contributed by atoms with Crippen LogP contribution in [0.5, 0.6) is 11.5 Å². The minimum absolute atomic E-state index is 0.0630. The summed E-state index contributed by atoms with van der Waals surface area (Å²) in [5.41, 5.74) is 3.45. The third kappa shape index (κ3) is 5.01. The van der Waals surface area contributed by atoms with E-state index in [0.29, 0.717) is 11.3 Å². The summed E-state index contributed by atoms with van der Waals surface area (Å²) < 4.78 is 11.0. The molecular weight excluding hydrogens is 454 g/mol. The zero-order valence-corrected chi connectivity index (χ0v) is 18.5. The van der Waals surface area contributed by atoms with Gasteiger partial charge in [0.1, 0.15) is 5.57 Å². The summed E-state index contributed by atoms with van der Waals surface area (Å²) in [6, 6.07) is 18.3. The van der Waals surface area contributed by atoms with E-state index in [1.165, 1.54) is 36.4 Å². The van der Waals surface area contributed by atoms with E-state index in [-0.39, 0.29) is 34.9 Å². The molecule has 10 heteroatoms. The topological polar surface area (TPSA) is 128 Å². The number of nitrogens with one attached hydrogen (secondary N) is 1. The largest absolute Gasteiger partial charge is 0.490 e. The number of esters is 1. The van der Waals surface area contributed by atoms with Gasteiger partial charge in [-0.05, 0) is 55.0 Å². The molecule has 0 atom stereocenters. The van der Waals surface area contributed by atoms with Crippen LogP contribution in [0.15, 0.2) is 78.4 Å². The standard InChI is InChI=1S/C25H19N3O7/c1-2-34-22-15-16(14-20-23(29)26-27(24(20)30)18-6-4-3-5-7-18)8-13-21(22)35-25(31)17-9-11-19(12-10-17)28(32)33/h3-15H,2H2,1H3,(H,26,29). The maximum absolute atomic E-state index is 12.8. The third-order valence-electron chi connectivity index (χ3n) is 5.00. The van der Waals surface area contributed by atoms with Crippen LogP contribution in [0.1, 0.15) is 22.8 Å². The average molecular weight is 473 g/mol. The van der Waals surface area contributed by atoms with Crippen molar-refractivity contribution in [1.29, 1.82) is 0 Å². The van der Waals surface area contributed by atoms with Gasteiger partial charge in [-0.2, -0.15) is 0 Å². The Morgan fingerprint density at radius 1 is 1.03 bits per heavy atom. The third-order valence-corrected chi connectivity index (χ3v) is 5.00. The van der Waals surface area contributed by atoms with Gasteiger partial charge in [-0.25, -0.2) is 9.80 Å². The summed E-state index contributed by atoms with van der Waals surface area (Å²) in [6.45, 7) is 2.02. The number of hydrogen-bond acceptors (Lipinski definition) is 7. The summed E-state index contributed by atoms with van der Waals surface area (Å²) in [7, 11) is 0. The molecule has 0 bridgehead atoms. The number of hydrogen-bond donors (Lipinski definition) is 1. The first-order valence-electron chi connectivity index (χ1n) is 10.5. The quantitative estimate of drug-likeness (QED) is 0.138. The van der Waals surface area contributed by atoms with Crippen molar-refractivity contribution in [2.24, 2.45) is 0 Å². The number of ether oxygens (including phenoxy) is 2. The first-order chi connectivity index (χ1) is 16.9. The molecule has 1 N–H and O–H groups in total. The molecule has 1 aliphatic heterocycles. The molecule has 1 heterocycles. The van der Waals surface area contributed by atoms with E-state index in [1.54, 1.807) is 49.4 Å². The summed E-state index contributed by atoms with van der Waals surface area (Å²) in [5, 5.41) is 12.0. The van der Waals surface area contributed by atoms with Gasteiger partial charge in [-0.15, -0.1) is 0 Å². The van der Waals surface area contributed by atoms with Crippen LogP contribution < -0.4 is 19.9 Å². The van der Waals surface area contributed by atoms with Crippen LogP contribution in [0.2, 0.25) is 0 Å². The second-order valence-electron chi connectivity index (χ2n) is 7.31. The zero-order valence-electron chi connectivity index (χ0n) is 18.5. The number of anilines is 1. The van der Waals surface area contributed by atoms with Gasteiger partial charge in [0.2, 0.25) is 0 Å². The molecule has 176 valence electrons. The number of carbonyl (C=O) groups is 3. The van der Waals surface area contributed by atoms with Crippen LogP contribution in [0.3, 0.4) is 0 Å². The second kappa shape index (κ2) is 9.87. The molecule has 35 heavy (non-hydrogen) atoms. The van der Waals surface area contributed by atoms with E-state index < -0.39 is 22.7 Å². The molecule has 1 saturated heterocycles. The highest BCUT2D eigenvalue weighted by Crippen LogP contribution is 2.31. The Morgan fingerprint density at radius 2 is 1.74 bits per heavy atom. The van der Waals surface area contributed by atoms with E-state index in [0.717, 1.165) is 5.01 Å². The highest BCUT2D eigenvalue weighted by molar-refractivity contribution is 6.31. The number of rotatable bonds is 7. The van der Waals surface area contributed by atoms with Crippen LogP contribution in [-0.2, 0) is 9.59 Å². The molecule has 3 aromatic carbocycles.